The van der Waals surface area contributed by atoms with Gasteiger partial charge in [0.1, 0.15) is 0 Å². The SMILES string of the molecule is O=C1CS[C@@H](C(=O)c2ccccc2)[C@H](c2ccc(Cl)cc2)N1. The number of carbonyl (C=O) groups excluding carboxylic acids is 2. The molecule has 0 radical (unpaired) electrons. The lowest BCUT2D eigenvalue weighted by molar-refractivity contribution is -0.119. The second-order valence-corrected chi connectivity index (χ2v) is 6.62. The van der Waals surface area contributed by atoms with Gasteiger partial charge in [-0.3, -0.25) is 9.59 Å². The van der Waals surface area contributed by atoms with Gasteiger partial charge in [-0.25, -0.2) is 0 Å². The Balaban J connectivity index is 1.92. The van der Waals surface area contributed by atoms with Crippen molar-refractivity contribution in [1.29, 1.82) is 0 Å². The van der Waals surface area contributed by atoms with Gasteiger partial charge in [0.25, 0.3) is 0 Å². The summed E-state index contributed by atoms with van der Waals surface area (Å²) in [6, 6.07) is 16.1. The van der Waals surface area contributed by atoms with E-state index in [-0.39, 0.29) is 23.0 Å². The first kappa shape index (κ1) is 15.1. The third-order valence-electron chi connectivity index (χ3n) is 3.56. The van der Waals surface area contributed by atoms with Gasteiger partial charge in [0, 0.05) is 10.6 Å². The Morgan fingerprint density at radius 3 is 2.45 bits per heavy atom. The molecule has 0 bridgehead atoms. The molecule has 1 heterocycles. The van der Waals surface area contributed by atoms with Crippen molar-refractivity contribution in [2.75, 3.05) is 5.75 Å². The maximum absolute atomic E-state index is 12.8. The summed E-state index contributed by atoms with van der Waals surface area (Å²) in [5, 5.41) is 3.23. The molecule has 2 aromatic rings. The molecule has 0 unspecified atom stereocenters. The Morgan fingerprint density at radius 2 is 1.77 bits per heavy atom. The summed E-state index contributed by atoms with van der Waals surface area (Å²) >= 11 is 7.30. The summed E-state index contributed by atoms with van der Waals surface area (Å²) in [6.07, 6.45) is 0. The monoisotopic (exact) mass is 331 g/mol. The molecule has 1 fully saturated rings. The van der Waals surface area contributed by atoms with Crippen molar-refractivity contribution in [3.8, 4) is 0 Å². The number of nitrogens with one attached hydrogen (secondary N) is 1. The number of amides is 1. The molecule has 0 aromatic heterocycles. The molecule has 2 aromatic carbocycles. The van der Waals surface area contributed by atoms with Gasteiger partial charge in [0.05, 0.1) is 17.0 Å². The van der Waals surface area contributed by atoms with Crippen molar-refractivity contribution in [3.63, 3.8) is 0 Å². The van der Waals surface area contributed by atoms with Crippen LogP contribution >= 0.6 is 23.4 Å². The minimum absolute atomic E-state index is 0.0329. The molecule has 5 heteroatoms. The summed E-state index contributed by atoms with van der Waals surface area (Å²) in [7, 11) is 0. The molecular weight excluding hydrogens is 318 g/mol. The normalized spacial score (nSPS) is 21.2. The van der Waals surface area contributed by atoms with Crippen molar-refractivity contribution in [2.24, 2.45) is 0 Å². The molecule has 3 nitrogen and oxygen atoms in total. The zero-order chi connectivity index (χ0) is 15.5. The first-order valence-corrected chi connectivity index (χ1v) is 8.33. The maximum Gasteiger partial charge on any atom is 0.230 e. The predicted octanol–water partition coefficient (Wildman–Crippen LogP) is 3.50. The van der Waals surface area contributed by atoms with E-state index >= 15 is 0 Å². The number of rotatable bonds is 3. The fourth-order valence-corrected chi connectivity index (χ4v) is 3.72. The molecule has 0 saturated carbocycles. The average Bonchev–Trinajstić information content (AvgIpc) is 2.56. The molecule has 1 amide bonds. The first-order valence-electron chi connectivity index (χ1n) is 6.91. The summed E-state index contributed by atoms with van der Waals surface area (Å²) < 4.78 is 0. The second-order valence-electron chi connectivity index (χ2n) is 5.06. The van der Waals surface area contributed by atoms with Crippen LogP contribution in [0.3, 0.4) is 0 Å². The van der Waals surface area contributed by atoms with Gasteiger partial charge in [-0.15, -0.1) is 11.8 Å². The van der Waals surface area contributed by atoms with Gasteiger partial charge in [0.2, 0.25) is 5.91 Å². The van der Waals surface area contributed by atoms with Crippen LogP contribution in [0.4, 0.5) is 0 Å². The summed E-state index contributed by atoms with van der Waals surface area (Å²) in [6.45, 7) is 0. The Morgan fingerprint density at radius 1 is 1.09 bits per heavy atom. The lowest BCUT2D eigenvalue weighted by Gasteiger charge is -2.31. The van der Waals surface area contributed by atoms with E-state index in [1.165, 1.54) is 11.8 Å². The standard InChI is InChI=1S/C17H14ClNO2S/c18-13-8-6-11(7-9-13)15-17(22-10-14(20)19-15)16(21)12-4-2-1-3-5-12/h1-9,15,17H,10H2,(H,19,20)/t15-,17+/m0/s1. The van der Waals surface area contributed by atoms with E-state index in [1.54, 1.807) is 24.3 Å². The van der Waals surface area contributed by atoms with Crippen LogP contribution in [0, 0.1) is 0 Å². The van der Waals surface area contributed by atoms with E-state index in [0.717, 1.165) is 5.56 Å². The quantitative estimate of drug-likeness (QED) is 0.876. The van der Waals surface area contributed by atoms with Crippen molar-refractivity contribution in [2.45, 2.75) is 11.3 Å². The molecule has 3 rings (SSSR count). The molecule has 0 aliphatic carbocycles. The highest BCUT2D eigenvalue weighted by Gasteiger charge is 2.35. The fourth-order valence-electron chi connectivity index (χ4n) is 2.47. The zero-order valence-electron chi connectivity index (χ0n) is 11.7. The van der Waals surface area contributed by atoms with Crippen LogP contribution in [0.2, 0.25) is 5.02 Å². The molecule has 1 aliphatic heterocycles. The molecule has 2 atom stereocenters. The van der Waals surface area contributed by atoms with Crippen LogP contribution in [0.15, 0.2) is 54.6 Å². The number of carbonyl (C=O) groups is 2. The van der Waals surface area contributed by atoms with Gasteiger partial charge in [-0.05, 0) is 17.7 Å². The van der Waals surface area contributed by atoms with Gasteiger partial charge >= 0.3 is 0 Å². The second kappa shape index (κ2) is 6.55. The van der Waals surface area contributed by atoms with E-state index in [2.05, 4.69) is 5.32 Å². The molecule has 1 saturated heterocycles. The third kappa shape index (κ3) is 3.18. The maximum atomic E-state index is 12.8. The first-order chi connectivity index (χ1) is 10.6. The van der Waals surface area contributed by atoms with Crippen LogP contribution in [0.25, 0.3) is 0 Å². The van der Waals surface area contributed by atoms with Crippen LogP contribution < -0.4 is 5.32 Å². The van der Waals surface area contributed by atoms with Crippen molar-refractivity contribution < 1.29 is 9.59 Å². The minimum Gasteiger partial charge on any atom is -0.347 e. The Kier molecular flexibility index (Phi) is 4.50. The van der Waals surface area contributed by atoms with Crippen molar-refractivity contribution in [3.05, 3.63) is 70.7 Å². The number of benzene rings is 2. The highest BCUT2D eigenvalue weighted by molar-refractivity contribution is 8.01. The number of halogens is 1. The third-order valence-corrected chi connectivity index (χ3v) is 5.09. The minimum atomic E-state index is -0.337. The van der Waals surface area contributed by atoms with Gasteiger partial charge in [-0.2, -0.15) is 0 Å². The van der Waals surface area contributed by atoms with Gasteiger partial charge in [0.15, 0.2) is 5.78 Å². The Bertz CT molecular complexity index is 688. The van der Waals surface area contributed by atoms with Crippen molar-refractivity contribution in [1.82, 2.24) is 5.32 Å². The van der Waals surface area contributed by atoms with Crippen molar-refractivity contribution >= 4 is 35.1 Å². The number of Topliss-reactive ketones (excluding diaryl/α,β-unsaturated/α-hetero) is 1. The van der Waals surface area contributed by atoms with E-state index < -0.39 is 0 Å². The Labute approximate surface area is 138 Å². The molecule has 22 heavy (non-hydrogen) atoms. The number of thioether (sulfide) groups is 1. The molecule has 1 aliphatic rings. The van der Waals surface area contributed by atoms with Crippen LogP contribution in [0.5, 0.6) is 0 Å². The summed E-state index contributed by atoms with van der Waals surface area (Å²) in [5.41, 5.74) is 1.55. The Hall–Kier alpha value is -1.78. The van der Waals surface area contributed by atoms with E-state index in [4.69, 9.17) is 11.6 Å². The average molecular weight is 332 g/mol. The summed E-state index contributed by atoms with van der Waals surface area (Å²) in [5.74, 6) is 0.278. The molecular formula is C17H14ClNO2S. The predicted molar refractivity (Wildman–Crippen MR) is 89.4 cm³/mol. The number of ketones is 1. The summed E-state index contributed by atoms with van der Waals surface area (Å²) in [4.78, 5) is 24.5. The van der Waals surface area contributed by atoms with Crippen LogP contribution in [0.1, 0.15) is 22.0 Å². The van der Waals surface area contributed by atoms with Gasteiger partial charge in [-0.1, -0.05) is 54.1 Å². The van der Waals surface area contributed by atoms with E-state index in [9.17, 15) is 9.59 Å². The van der Waals surface area contributed by atoms with Gasteiger partial charge < -0.3 is 5.32 Å². The zero-order valence-corrected chi connectivity index (χ0v) is 13.2. The molecule has 1 N–H and O–H groups in total. The molecule has 0 spiro atoms. The molecule has 112 valence electrons. The van der Waals surface area contributed by atoms with E-state index in [1.807, 2.05) is 30.3 Å². The van der Waals surface area contributed by atoms with Crippen LogP contribution in [-0.4, -0.2) is 22.7 Å². The number of hydrogen-bond donors (Lipinski definition) is 1. The lowest BCUT2D eigenvalue weighted by Crippen LogP contribution is -2.44. The van der Waals surface area contributed by atoms with Crippen LogP contribution in [-0.2, 0) is 4.79 Å². The largest absolute Gasteiger partial charge is 0.347 e. The topological polar surface area (TPSA) is 46.2 Å². The smallest absolute Gasteiger partial charge is 0.230 e. The fraction of sp³-hybridized carbons (Fsp3) is 0.176. The van der Waals surface area contributed by atoms with E-state index in [0.29, 0.717) is 16.3 Å². The number of hydrogen-bond acceptors (Lipinski definition) is 3. The highest BCUT2D eigenvalue weighted by Crippen LogP contribution is 2.33. The lowest BCUT2D eigenvalue weighted by atomic mass is 9.97. The highest BCUT2D eigenvalue weighted by atomic mass is 35.5.